The van der Waals surface area contributed by atoms with Crippen LogP contribution in [0.1, 0.15) is 34.8 Å². The summed E-state index contributed by atoms with van der Waals surface area (Å²) in [4.78, 5) is 16.3. The Labute approximate surface area is 183 Å². The van der Waals surface area contributed by atoms with E-state index in [0.29, 0.717) is 22.0 Å². The summed E-state index contributed by atoms with van der Waals surface area (Å²) in [6, 6.07) is 25.2. The molecule has 3 aromatic carbocycles. The van der Waals surface area contributed by atoms with E-state index in [-0.39, 0.29) is 11.8 Å². The van der Waals surface area contributed by atoms with Crippen molar-refractivity contribution in [3.8, 4) is 0 Å². The van der Waals surface area contributed by atoms with Gasteiger partial charge in [-0.2, -0.15) is 0 Å². The predicted molar refractivity (Wildman–Crippen MR) is 122 cm³/mol. The Morgan fingerprint density at radius 3 is 1.72 bits per heavy atom. The molecule has 0 amide bonds. The highest BCUT2D eigenvalue weighted by Crippen LogP contribution is 2.41. The van der Waals surface area contributed by atoms with Gasteiger partial charge in [0.05, 0.1) is 5.41 Å². The molecule has 2 nitrogen and oxygen atoms in total. The summed E-state index contributed by atoms with van der Waals surface area (Å²) >= 11 is 12.5. The number of carbonyl (C=O) groups is 1. The van der Waals surface area contributed by atoms with E-state index in [4.69, 9.17) is 23.2 Å². The van der Waals surface area contributed by atoms with Gasteiger partial charge in [-0.1, -0.05) is 83.9 Å². The highest BCUT2D eigenvalue weighted by molar-refractivity contribution is 6.35. The maximum Gasteiger partial charge on any atom is 0.177 e. The Kier molecular flexibility index (Phi) is 6.79. The molecule has 3 rings (SSSR count). The van der Waals surface area contributed by atoms with Crippen molar-refractivity contribution in [2.24, 2.45) is 0 Å². The first kappa shape index (κ1) is 21.6. The zero-order valence-corrected chi connectivity index (χ0v) is 18.4. The standard InChI is InChI=1S/C25H25Cl2NO/c1-18(28(2)3)17-25(20-10-6-4-7-11-20,21-12-8-5-9-13-21)24(29)19-14-22(26)16-23(27)15-19/h4-16,18H,17H2,1-3H3/t18-/m0/s1. The van der Waals surface area contributed by atoms with Gasteiger partial charge < -0.3 is 4.90 Å². The fourth-order valence-electron chi connectivity index (χ4n) is 3.76. The van der Waals surface area contributed by atoms with Gasteiger partial charge in [0.25, 0.3) is 0 Å². The number of ketones is 1. The molecule has 0 aromatic heterocycles. The maximum atomic E-state index is 14.2. The fourth-order valence-corrected chi connectivity index (χ4v) is 4.29. The van der Waals surface area contributed by atoms with Crippen molar-refractivity contribution in [1.29, 1.82) is 0 Å². The molecule has 0 heterocycles. The van der Waals surface area contributed by atoms with Crippen LogP contribution in [0, 0.1) is 0 Å². The van der Waals surface area contributed by atoms with Gasteiger partial charge in [0, 0.05) is 21.7 Å². The van der Waals surface area contributed by atoms with E-state index in [1.807, 2.05) is 74.8 Å². The van der Waals surface area contributed by atoms with Crippen molar-refractivity contribution in [1.82, 2.24) is 4.90 Å². The molecule has 0 aliphatic carbocycles. The Hall–Kier alpha value is -2.13. The van der Waals surface area contributed by atoms with Crippen LogP contribution in [0.15, 0.2) is 78.9 Å². The largest absolute Gasteiger partial charge is 0.307 e. The predicted octanol–water partition coefficient (Wildman–Crippen LogP) is 6.50. The SMILES string of the molecule is C[C@@H](CC(C(=O)c1cc(Cl)cc(Cl)c1)(c1ccccc1)c1ccccc1)N(C)C. The number of nitrogens with zero attached hydrogens (tertiary/aromatic N) is 1. The summed E-state index contributed by atoms with van der Waals surface area (Å²) in [6.07, 6.45) is 0.622. The van der Waals surface area contributed by atoms with Crippen LogP contribution in [0.25, 0.3) is 0 Å². The molecule has 0 N–H and O–H groups in total. The Bertz CT molecular complexity index is 911. The molecule has 1 atom stereocenters. The lowest BCUT2D eigenvalue weighted by atomic mass is 9.66. The second-order valence-corrected chi connectivity index (χ2v) is 8.51. The third-order valence-electron chi connectivity index (χ3n) is 5.53. The molecule has 0 saturated carbocycles. The molecule has 0 bridgehead atoms. The van der Waals surface area contributed by atoms with Crippen LogP contribution < -0.4 is 0 Å². The van der Waals surface area contributed by atoms with Crippen molar-refractivity contribution < 1.29 is 4.79 Å². The van der Waals surface area contributed by atoms with Crippen molar-refractivity contribution in [2.45, 2.75) is 24.8 Å². The van der Waals surface area contributed by atoms with Crippen LogP contribution in [-0.4, -0.2) is 30.8 Å². The quantitative estimate of drug-likeness (QED) is 0.402. The van der Waals surface area contributed by atoms with Gasteiger partial charge in [0.1, 0.15) is 0 Å². The second kappa shape index (κ2) is 9.13. The second-order valence-electron chi connectivity index (χ2n) is 7.64. The average Bonchev–Trinajstić information content (AvgIpc) is 2.72. The van der Waals surface area contributed by atoms with E-state index in [9.17, 15) is 4.79 Å². The van der Waals surface area contributed by atoms with Crippen LogP contribution >= 0.6 is 23.2 Å². The molecular formula is C25H25Cl2NO. The van der Waals surface area contributed by atoms with Crippen molar-refractivity contribution in [3.05, 3.63) is 106 Å². The van der Waals surface area contributed by atoms with Crippen LogP contribution in [0.5, 0.6) is 0 Å². The van der Waals surface area contributed by atoms with Crippen molar-refractivity contribution in [3.63, 3.8) is 0 Å². The third-order valence-corrected chi connectivity index (χ3v) is 5.97. The molecule has 4 heteroatoms. The number of hydrogen-bond acceptors (Lipinski definition) is 2. The minimum Gasteiger partial charge on any atom is -0.307 e. The fraction of sp³-hybridized carbons (Fsp3) is 0.240. The normalized spacial score (nSPS) is 12.8. The van der Waals surface area contributed by atoms with E-state index in [1.54, 1.807) is 18.2 Å². The van der Waals surface area contributed by atoms with Crippen molar-refractivity contribution in [2.75, 3.05) is 14.1 Å². The number of carbonyl (C=O) groups excluding carboxylic acids is 1. The Morgan fingerprint density at radius 2 is 1.31 bits per heavy atom. The lowest BCUT2D eigenvalue weighted by Crippen LogP contribution is -2.43. The molecule has 0 unspecified atom stereocenters. The molecule has 0 saturated heterocycles. The summed E-state index contributed by atoms with van der Waals surface area (Å²) in [5.41, 5.74) is 1.57. The van der Waals surface area contributed by atoms with Crippen LogP contribution in [0.2, 0.25) is 10.0 Å². The van der Waals surface area contributed by atoms with Crippen molar-refractivity contribution >= 4 is 29.0 Å². The number of hydrogen-bond donors (Lipinski definition) is 0. The summed E-state index contributed by atoms with van der Waals surface area (Å²) in [5, 5.41) is 0.910. The van der Waals surface area contributed by atoms with E-state index >= 15 is 0 Å². The minimum atomic E-state index is -0.861. The summed E-state index contributed by atoms with van der Waals surface area (Å²) in [6.45, 7) is 2.14. The topological polar surface area (TPSA) is 20.3 Å². The molecule has 0 radical (unpaired) electrons. The van der Waals surface area contributed by atoms with Crippen LogP contribution in [-0.2, 0) is 5.41 Å². The lowest BCUT2D eigenvalue weighted by Gasteiger charge is -2.38. The van der Waals surface area contributed by atoms with Gasteiger partial charge in [-0.15, -0.1) is 0 Å². The summed E-state index contributed by atoms with van der Waals surface area (Å²) in [5.74, 6) is -0.00648. The zero-order valence-electron chi connectivity index (χ0n) is 16.9. The molecule has 3 aromatic rings. The average molecular weight is 426 g/mol. The van der Waals surface area contributed by atoms with Gasteiger partial charge >= 0.3 is 0 Å². The van der Waals surface area contributed by atoms with E-state index in [2.05, 4.69) is 11.8 Å². The number of halogens is 2. The molecule has 0 aliphatic heterocycles. The lowest BCUT2D eigenvalue weighted by molar-refractivity contribution is 0.0882. The van der Waals surface area contributed by atoms with Gasteiger partial charge in [0.15, 0.2) is 5.78 Å². The molecular weight excluding hydrogens is 401 g/mol. The first-order chi connectivity index (χ1) is 13.8. The van der Waals surface area contributed by atoms with Gasteiger partial charge in [-0.05, 0) is 56.8 Å². The highest BCUT2D eigenvalue weighted by atomic mass is 35.5. The molecule has 0 spiro atoms. The van der Waals surface area contributed by atoms with Gasteiger partial charge in [-0.25, -0.2) is 0 Å². The van der Waals surface area contributed by atoms with E-state index in [0.717, 1.165) is 11.1 Å². The van der Waals surface area contributed by atoms with Crippen LogP contribution in [0.4, 0.5) is 0 Å². The molecule has 0 aliphatic rings. The van der Waals surface area contributed by atoms with Gasteiger partial charge in [0.2, 0.25) is 0 Å². The van der Waals surface area contributed by atoms with Gasteiger partial charge in [-0.3, -0.25) is 4.79 Å². The van der Waals surface area contributed by atoms with E-state index in [1.165, 1.54) is 0 Å². The van der Waals surface area contributed by atoms with Crippen LogP contribution in [0.3, 0.4) is 0 Å². The first-order valence-electron chi connectivity index (χ1n) is 9.63. The Morgan fingerprint density at radius 1 is 0.862 bits per heavy atom. The maximum absolute atomic E-state index is 14.2. The molecule has 29 heavy (non-hydrogen) atoms. The highest BCUT2D eigenvalue weighted by Gasteiger charge is 2.43. The Balaban J connectivity index is 2.30. The van der Waals surface area contributed by atoms with E-state index < -0.39 is 5.41 Å². The third kappa shape index (κ3) is 4.56. The summed E-state index contributed by atoms with van der Waals surface area (Å²) in [7, 11) is 4.07. The first-order valence-corrected chi connectivity index (χ1v) is 10.4. The molecule has 150 valence electrons. The molecule has 0 fully saturated rings. The number of benzene rings is 3. The summed E-state index contributed by atoms with van der Waals surface area (Å²) < 4.78 is 0. The number of Topliss-reactive ketones (excluding diaryl/α,β-unsaturated/α-hetero) is 1. The smallest absolute Gasteiger partial charge is 0.177 e. The minimum absolute atomic E-state index is 0.00648. The monoisotopic (exact) mass is 425 g/mol. The zero-order chi connectivity index (χ0) is 21.0. The number of rotatable bonds is 7.